The summed E-state index contributed by atoms with van der Waals surface area (Å²) in [4.78, 5) is 13.0. The van der Waals surface area contributed by atoms with Gasteiger partial charge in [-0.15, -0.1) is 0 Å². The highest BCUT2D eigenvalue weighted by atomic mass is 19.1. The fourth-order valence-corrected chi connectivity index (χ4v) is 6.25. The maximum Gasteiger partial charge on any atom is 0.187 e. The summed E-state index contributed by atoms with van der Waals surface area (Å²) in [5, 5.41) is 1.18. The van der Waals surface area contributed by atoms with Crippen LogP contribution in [-0.2, 0) is 4.74 Å². The number of hydrogen-bond acceptors (Lipinski definition) is 4. The summed E-state index contributed by atoms with van der Waals surface area (Å²) in [7, 11) is 0. The highest BCUT2D eigenvalue weighted by Crippen LogP contribution is 2.48. The van der Waals surface area contributed by atoms with Gasteiger partial charge in [-0.25, -0.2) is 9.24 Å². The Morgan fingerprint density at radius 2 is 1.75 bits per heavy atom. The van der Waals surface area contributed by atoms with Crippen LogP contribution in [0.3, 0.4) is 0 Å². The summed E-state index contributed by atoms with van der Waals surface area (Å²) in [5.74, 6) is 0.516. The lowest BCUT2D eigenvalue weighted by Crippen LogP contribution is -2.58. The van der Waals surface area contributed by atoms with E-state index in [9.17, 15) is 0 Å². The van der Waals surface area contributed by atoms with Crippen LogP contribution in [0.5, 0.6) is 0 Å². The van der Waals surface area contributed by atoms with E-state index in [2.05, 4.69) is 46.7 Å². The number of morpholine rings is 1. The number of benzene rings is 2. The second kappa shape index (κ2) is 9.46. The number of nitrogens with zero attached hydrogens (tertiary/aromatic N) is 4. The number of hydrogen-bond donors (Lipinski definition) is 0. The molecule has 1 saturated carbocycles. The second-order valence-electron chi connectivity index (χ2n) is 10.7. The minimum absolute atomic E-state index is 0.0436. The number of piperidine rings is 1. The first kappa shape index (κ1) is 23.4. The molecule has 0 spiro atoms. The van der Waals surface area contributed by atoms with E-state index < -0.39 is 6.17 Å². The minimum atomic E-state index is -0.897. The summed E-state index contributed by atoms with van der Waals surface area (Å²) >= 11 is 0. The Kier molecular flexibility index (Phi) is 6.15. The zero-order chi connectivity index (χ0) is 24.8. The van der Waals surface area contributed by atoms with Crippen LogP contribution in [0.2, 0.25) is 0 Å². The lowest BCUT2D eigenvalue weighted by molar-refractivity contribution is -0.0910. The number of pyridine rings is 1. The molecule has 6 rings (SSSR count). The first-order valence-electron chi connectivity index (χ1n) is 13.2. The van der Waals surface area contributed by atoms with Crippen molar-refractivity contribution in [3.63, 3.8) is 0 Å². The van der Waals surface area contributed by atoms with E-state index in [4.69, 9.17) is 16.3 Å². The van der Waals surface area contributed by atoms with Crippen molar-refractivity contribution >= 4 is 22.3 Å². The molecule has 3 heterocycles. The van der Waals surface area contributed by atoms with Gasteiger partial charge >= 0.3 is 0 Å². The molecule has 0 bridgehead atoms. The van der Waals surface area contributed by atoms with Crippen molar-refractivity contribution in [1.82, 2.24) is 9.88 Å². The summed E-state index contributed by atoms with van der Waals surface area (Å²) < 4.78 is 21.5. The number of anilines is 1. The quantitative estimate of drug-likeness (QED) is 0.404. The first-order valence-corrected chi connectivity index (χ1v) is 13.2. The fraction of sp³-hybridized carbons (Fsp3) is 0.467. The summed E-state index contributed by atoms with van der Waals surface area (Å²) in [5.41, 5.74) is 6.21. The normalized spacial score (nSPS) is 27.2. The number of halogens is 1. The molecule has 1 aromatic heterocycles. The standard InChI is InChI=1S/C30H33FN4O/c1-19-16-35(17-20(2)36-19)27-13-14-34(18-26(27)31)28-15-33-30-24(21-9-11-23(32-3)12-10-21)5-4-6-25(30)29(28)22-7-8-22/h4-6,9-12,15,19-20,22,26-27H,7-8,13-14,16-18H2,1-2H3/t19-,20+,26?,27?. The van der Waals surface area contributed by atoms with Gasteiger partial charge in [0.25, 0.3) is 0 Å². The van der Waals surface area contributed by atoms with Crippen LogP contribution in [0.15, 0.2) is 48.7 Å². The van der Waals surface area contributed by atoms with E-state index in [0.29, 0.717) is 18.2 Å². The third-order valence-corrected chi connectivity index (χ3v) is 7.98. The summed E-state index contributed by atoms with van der Waals surface area (Å²) in [6, 6.07) is 14.1. The van der Waals surface area contributed by atoms with Crippen LogP contribution in [0.1, 0.15) is 44.6 Å². The van der Waals surface area contributed by atoms with Crippen molar-refractivity contribution in [3.05, 3.63) is 65.6 Å². The van der Waals surface area contributed by atoms with Gasteiger partial charge in [0.15, 0.2) is 5.69 Å². The van der Waals surface area contributed by atoms with Gasteiger partial charge < -0.3 is 9.64 Å². The van der Waals surface area contributed by atoms with Crippen LogP contribution < -0.4 is 4.90 Å². The third kappa shape index (κ3) is 4.36. The number of aromatic nitrogens is 1. The number of fused-ring (bicyclic) bond motifs is 1. The molecular weight excluding hydrogens is 451 g/mol. The van der Waals surface area contributed by atoms with Crippen molar-refractivity contribution in [2.75, 3.05) is 31.1 Å². The predicted molar refractivity (Wildman–Crippen MR) is 143 cm³/mol. The molecule has 1 aliphatic carbocycles. The van der Waals surface area contributed by atoms with Crippen molar-refractivity contribution < 1.29 is 9.13 Å². The third-order valence-electron chi connectivity index (χ3n) is 7.98. The zero-order valence-corrected chi connectivity index (χ0v) is 21.0. The highest BCUT2D eigenvalue weighted by Gasteiger charge is 2.38. The van der Waals surface area contributed by atoms with Gasteiger partial charge in [-0.2, -0.15) is 0 Å². The van der Waals surface area contributed by atoms with E-state index in [1.165, 1.54) is 23.8 Å². The number of rotatable bonds is 4. The smallest absolute Gasteiger partial charge is 0.187 e. The molecule has 36 heavy (non-hydrogen) atoms. The van der Waals surface area contributed by atoms with E-state index >= 15 is 4.39 Å². The van der Waals surface area contributed by atoms with E-state index in [-0.39, 0.29) is 18.2 Å². The zero-order valence-electron chi connectivity index (χ0n) is 21.0. The topological polar surface area (TPSA) is 33.0 Å². The Morgan fingerprint density at radius 1 is 1.00 bits per heavy atom. The van der Waals surface area contributed by atoms with Crippen LogP contribution in [0, 0.1) is 6.57 Å². The lowest BCUT2D eigenvalue weighted by Gasteiger charge is -2.45. The molecule has 5 nitrogen and oxygen atoms in total. The molecule has 0 radical (unpaired) electrons. The average molecular weight is 485 g/mol. The monoisotopic (exact) mass is 484 g/mol. The van der Waals surface area contributed by atoms with Gasteiger partial charge in [-0.3, -0.25) is 9.88 Å². The number of ether oxygens (including phenoxy) is 1. The molecule has 3 aromatic rings. The van der Waals surface area contributed by atoms with Crippen molar-refractivity contribution in [1.29, 1.82) is 0 Å². The molecule has 0 amide bonds. The maximum absolute atomic E-state index is 15.7. The van der Waals surface area contributed by atoms with Crippen LogP contribution >= 0.6 is 0 Å². The minimum Gasteiger partial charge on any atom is -0.373 e. The molecule has 6 heteroatoms. The molecule has 186 valence electrons. The van der Waals surface area contributed by atoms with Gasteiger partial charge in [0, 0.05) is 36.6 Å². The van der Waals surface area contributed by atoms with Crippen molar-refractivity contribution in [2.24, 2.45) is 0 Å². The van der Waals surface area contributed by atoms with Gasteiger partial charge in [0.1, 0.15) is 6.17 Å². The molecule has 2 saturated heterocycles. The van der Waals surface area contributed by atoms with Gasteiger partial charge in [0.2, 0.25) is 0 Å². The van der Waals surface area contributed by atoms with Crippen molar-refractivity contribution in [3.8, 4) is 11.1 Å². The Bertz CT molecular complexity index is 1290. The lowest BCUT2D eigenvalue weighted by atomic mass is 9.94. The van der Waals surface area contributed by atoms with Gasteiger partial charge in [-0.05, 0) is 50.2 Å². The van der Waals surface area contributed by atoms with Crippen molar-refractivity contribution in [2.45, 2.75) is 63.4 Å². The molecule has 2 aromatic carbocycles. The molecule has 4 atom stereocenters. The molecule has 3 fully saturated rings. The summed E-state index contributed by atoms with van der Waals surface area (Å²) in [6.07, 6.45) is 4.56. The van der Waals surface area contributed by atoms with Crippen LogP contribution in [-0.4, -0.2) is 60.5 Å². The van der Waals surface area contributed by atoms with Crippen LogP contribution in [0.25, 0.3) is 26.9 Å². The highest BCUT2D eigenvalue weighted by molar-refractivity contribution is 5.98. The molecule has 0 N–H and O–H groups in total. The molecule has 2 aliphatic heterocycles. The van der Waals surface area contributed by atoms with E-state index in [1.54, 1.807) is 0 Å². The Morgan fingerprint density at radius 3 is 2.42 bits per heavy atom. The largest absolute Gasteiger partial charge is 0.373 e. The molecule has 2 unspecified atom stereocenters. The Hall–Kier alpha value is -3.01. The van der Waals surface area contributed by atoms with E-state index in [0.717, 1.165) is 48.4 Å². The number of alkyl halides is 1. The van der Waals surface area contributed by atoms with Gasteiger partial charge in [0.05, 0.1) is 42.7 Å². The SMILES string of the molecule is [C-]#[N+]c1ccc(-c2cccc3c(C4CC4)c(N4CCC(N5C[C@@H](C)O[C@@H](C)C5)C(F)C4)cnc23)cc1. The van der Waals surface area contributed by atoms with Crippen LogP contribution in [0.4, 0.5) is 15.8 Å². The average Bonchev–Trinajstić information content (AvgIpc) is 3.72. The summed E-state index contributed by atoms with van der Waals surface area (Å²) in [6.45, 7) is 14.3. The first-order chi connectivity index (χ1) is 17.5. The van der Waals surface area contributed by atoms with E-state index in [1.807, 2.05) is 30.5 Å². The molecule has 3 aliphatic rings. The predicted octanol–water partition coefficient (Wildman–Crippen LogP) is 6.36. The fourth-order valence-electron chi connectivity index (χ4n) is 6.25. The molecular formula is C30H33FN4O. The number of para-hydroxylation sites is 1. The second-order valence-corrected chi connectivity index (χ2v) is 10.7. The maximum atomic E-state index is 15.7. The van der Waals surface area contributed by atoms with Gasteiger partial charge in [-0.1, -0.05) is 42.5 Å². The Balaban J connectivity index is 1.31. The Labute approximate surface area is 212 Å².